The van der Waals surface area contributed by atoms with Crippen LogP contribution in [0.1, 0.15) is 64.8 Å². The van der Waals surface area contributed by atoms with Crippen molar-refractivity contribution in [3.63, 3.8) is 0 Å². The smallest absolute Gasteiger partial charge is 0.269 e. The summed E-state index contributed by atoms with van der Waals surface area (Å²) in [6.45, 7) is 2.41. The molecule has 0 radical (unpaired) electrons. The van der Waals surface area contributed by atoms with Crippen molar-refractivity contribution in [2.24, 2.45) is 0 Å². The second-order valence-electron chi connectivity index (χ2n) is 18.8. The van der Waals surface area contributed by atoms with Gasteiger partial charge in [0.15, 0.2) is 0 Å². The normalized spacial score (nSPS) is 16.3. The second-order valence-corrected chi connectivity index (χ2v) is 18.8. The molecule has 0 fully saturated rings. The lowest BCUT2D eigenvalue weighted by atomic mass is 9.84. The highest BCUT2D eigenvalue weighted by molar-refractivity contribution is 6.09. The maximum absolute atomic E-state index is 10.2. The Morgan fingerprint density at radius 3 is 1.97 bits per heavy atom. The molecule has 10 aromatic carbocycles. The standard InChI is InChI=1S/C71H54N4O/c1-48-39-69(72-46-64(48)51-25-12-7-13-26-51)75-65-34-15-14-31-62(65)63-38-37-59(45-68(63)75)76-58-30-19-29-57(44-58)73-47-74(67-36-17-16-35-66(67)73)70-60(52-27-18-28-56(43-52)71(2,3)4)32-20-33-61(70)55-41-53(49-21-8-5-9-22-49)40-54(42-55)50-23-10-6-11-24-50/h5-46H,1-4H3/i1D3,5D,6D,7D,8D,9D,10D,11D,12D,13D,18D,21D,22D,23D,25D,26D,27D,28D,40D,41D,42D,43D. The molecule has 3 heterocycles. The molecule has 0 spiro atoms. The largest absolute Gasteiger partial charge is 0.458 e. The van der Waals surface area contributed by atoms with Crippen molar-refractivity contribution in [2.45, 2.75) is 33.0 Å². The van der Waals surface area contributed by atoms with E-state index in [1.807, 2.05) is 24.3 Å². The molecule has 13 rings (SSSR count). The zero-order valence-electron chi connectivity index (χ0n) is 64.8. The lowest BCUT2D eigenvalue weighted by molar-refractivity contribution is -0.571. The van der Waals surface area contributed by atoms with Gasteiger partial charge >= 0.3 is 0 Å². The summed E-state index contributed by atoms with van der Waals surface area (Å²) in [5.41, 5.74) is -1.93. The minimum absolute atomic E-state index is 0.00983. The number of fused-ring (bicyclic) bond motifs is 4. The number of hydrogen-bond donors (Lipinski definition) is 0. The maximum atomic E-state index is 10.2. The topological polar surface area (TPSA) is 35.9 Å². The average Bonchev–Trinajstić information content (AvgIpc) is 1.06. The second kappa shape index (κ2) is 19.0. The third-order valence-corrected chi connectivity index (χ3v) is 12.9. The number of aromatic nitrogens is 4. The maximum Gasteiger partial charge on any atom is 0.269 e. The van der Waals surface area contributed by atoms with Gasteiger partial charge in [-0.2, -0.15) is 0 Å². The molecular formula is C71H54N4O. The summed E-state index contributed by atoms with van der Waals surface area (Å²) in [4.78, 5) is 4.70. The lowest BCUT2D eigenvalue weighted by Crippen LogP contribution is -2.31. The van der Waals surface area contributed by atoms with Gasteiger partial charge in [0.1, 0.15) is 17.3 Å². The highest BCUT2D eigenvalue weighted by Crippen LogP contribution is 2.41. The van der Waals surface area contributed by atoms with Gasteiger partial charge in [-0.25, -0.2) is 4.98 Å². The van der Waals surface area contributed by atoms with E-state index in [2.05, 4.69) is 6.33 Å². The van der Waals surface area contributed by atoms with Crippen molar-refractivity contribution in [1.82, 2.24) is 14.1 Å². The zero-order valence-corrected chi connectivity index (χ0v) is 40.8. The summed E-state index contributed by atoms with van der Waals surface area (Å²) in [6, 6.07) is 19.7. The van der Waals surface area contributed by atoms with Gasteiger partial charge in [0.05, 0.1) is 62.2 Å². The van der Waals surface area contributed by atoms with E-state index in [0.29, 0.717) is 33.5 Å². The monoisotopic (exact) mass is 1000 g/mol. The van der Waals surface area contributed by atoms with Gasteiger partial charge in [-0.3, -0.25) is 13.7 Å². The zero-order chi connectivity index (χ0) is 72.1. The van der Waals surface area contributed by atoms with Crippen LogP contribution in [0.5, 0.6) is 11.5 Å². The fourth-order valence-electron chi connectivity index (χ4n) is 9.34. The summed E-state index contributed by atoms with van der Waals surface area (Å²) in [6.07, 6.45) is 4.64. The van der Waals surface area contributed by atoms with Crippen molar-refractivity contribution >= 4 is 32.8 Å². The Kier molecular flexibility index (Phi) is 6.79. The van der Waals surface area contributed by atoms with E-state index in [1.54, 1.807) is 107 Å². The molecule has 0 saturated carbocycles. The van der Waals surface area contributed by atoms with E-state index >= 15 is 0 Å². The van der Waals surface area contributed by atoms with Crippen LogP contribution in [0.25, 0.3) is 106 Å². The minimum Gasteiger partial charge on any atom is -0.458 e. The number of aryl methyl sites for hydroxylation is 1. The van der Waals surface area contributed by atoms with E-state index in [-0.39, 0.29) is 73.8 Å². The lowest BCUT2D eigenvalue weighted by Gasteiger charge is -2.22. The third-order valence-electron chi connectivity index (χ3n) is 12.9. The number of ether oxygens (including phenoxy) is 1. The number of hydrogen-bond acceptors (Lipinski definition) is 2. The molecule has 13 aromatic rings. The molecule has 0 unspecified atom stereocenters. The Morgan fingerprint density at radius 2 is 1.17 bits per heavy atom. The Morgan fingerprint density at radius 1 is 0.513 bits per heavy atom. The Bertz CT molecular complexity index is 5660. The molecule has 0 aliphatic carbocycles. The van der Waals surface area contributed by atoms with Gasteiger partial charge < -0.3 is 4.74 Å². The molecule has 0 aliphatic heterocycles. The highest BCUT2D eigenvalue weighted by Gasteiger charge is 2.23. The minimum atomic E-state index is -2.86. The van der Waals surface area contributed by atoms with Crippen molar-refractivity contribution < 1.29 is 42.2 Å². The molecular weight excluding hydrogens is 925 g/mol. The van der Waals surface area contributed by atoms with Crippen LogP contribution in [0.4, 0.5) is 0 Å². The third kappa shape index (κ3) is 8.52. The number of benzene rings is 10. The van der Waals surface area contributed by atoms with Gasteiger partial charge in [0.25, 0.3) is 6.33 Å². The summed E-state index contributed by atoms with van der Waals surface area (Å²) >= 11 is 0. The molecule has 5 heteroatoms. The molecule has 5 nitrogen and oxygen atoms in total. The number of imidazole rings is 1. The van der Waals surface area contributed by atoms with Crippen molar-refractivity contribution in [1.29, 1.82) is 0 Å². The van der Waals surface area contributed by atoms with Gasteiger partial charge in [-0.1, -0.05) is 202 Å². The van der Waals surface area contributed by atoms with Crippen LogP contribution >= 0.6 is 0 Å². The first-order chi connectivity index (χ1) is 47.2. The van der Waals surface area contributed by atoms with Gasteiger partial charge in [-0.05, 0) is 134 Å². The molecule has 0 aliphatic rings. The molecule has 76 heavy (non-hydrogen) atoms. The SMILES string of the molecule is [2H]c1cc(-c2c([2H])c(-c3cccc(-c4c([2H])c([2H])c([2H])c(C(C)(C)C)c4[2H])c3-[n+]3[c-]n(-c4cccc(Oc5ccc6c7ccccc7n(-c7cc(C([2H])([2H])[2H])c(-c8c([2H])c([2H])c([2H])c([2H])c8[2H])cn7)c6c5)c4)c4ccccc43)c([2H])c(-c3c([2H])c([2H])c([2H])c([2H])c3[2H])c2[2H])c([2H])c([2H])c1[2H]. The van der Waals surface area contributed by atoms with Gasteiger partial charge in [0, 0.05) is 32.7 Å². The molecule has 3 aromatic heterocycles. The first kappa shape index (κ1) is 27.1. The van der Waals surface area contributed by atoms with Crippen molar-refractivity contribution in [3.8, 4) is 84.3 Å². The first-order valence-corrected chi connectivity index (χ1v) is 24.1. The Balaban J connectivity index is 1.03. The average molecular weight is 1000 g/mol. The number of nitrogens with zero attached hydrogens (tertiary/aromatic N) is 4. The van der Waals surface area contributed by atoms with Crippen molar-refractivity contribution in [3.05, 3.63) is 272 Å². The molecule has 0 atom stereocenters. The predicted molar refractivity (Wildman–Crippen MR) is 313 cm³/mol. The first-order valence-electron chi connectivity index (χ1n) is 36.1. The van der Waals surface area contributed by atoms with Gasteiger partial charge in [0.2, 0.25) is 0 Å². The van der Waals surface area contributed by atoms with Gasteiger partial charge in [-0.15, -0.1) is 0 Å². The highest BCUT2D eigenvalue weighted by atomic mass is 16.5. The van der Waals surface area contributed by atoms with Crippen molar-refractivity contribution in [2.75, 3.05) is 0 Å². The quantitative estimate of drug-likeness (QED) is 0.101. The summed E-state index contributed by atoms with van der Waals surface area (Å²) in [5, 5.41) is 1.49. The Hall–Kier alpha value is -9.58. The predicted octanol–water partition coefficient (Wildman–Crippen LogP) is 17.9. The molecule has 0 amide bonds. The van der Waals surface area contributed by atoms with Crippen LogP contribution < -0.4 is 9.30 Å². The Labute approximate surface area is 477 Å². The van der Waals surface area contributed by atoms with E-state index in [0.717, 1.165) is 16.8 Å². The fourth-order valence-corrected chi connectivity index (χ4v) is 9.34. The summed E-state index contributed by atoms with van der Waals surface area (Å²) < 4.78 is 227. The summed E-state index contributed by atoms with van der Waals surface area (Å²) in [7, 11) is 0. The number of para-hydroxylation sites is 4. The molecule has 0 bridgehead atoms. The van der Waals surface area contributed by atoms with Crippen LogP contribution in [-0.4, -0.2) is 14.1 Å². The fraction of sp³-hybridized carbons (Fsp3) is 0.0704. The number of pyridine rings is 1. The number of rotatable bonds is 10. The van der Waals surface area contributed by atoms with Crippen LogP contribution in [0.2, 0.25) is 0 Å². The van der Waals surface area contributed by atoms with E-state index in [1.165, 1.54) is 24.4 Å². The molecule has 0 saturated heterocycles. The van der Waals surface area contributed by atoms with Crippen LogP contribution in [0, 0.1) is 13.2 Å². The van der Waals surface area contributed by atoms with Crippen LogP contribution in [0.15, 0.2) is 254 Å². The van der Waals surface area contributed by atoms with E-state index < -0.39 is 149 Å². The molecule has 364 valence electrons. The summed E-state index contributed by atoms with van der Waals surface area (Å²) in [5.74, 6) is 0.726. The van der Waals surface area contributed by atoms with E-state index in [9.17, 15) is 8.22 Å². The van der Waals surface area contributed by atoms with Crippen LogP contribution in [0.3, 0.4) is 0 Å². The molecule has 0 N–H and O–H groups in total. The van der Waals surface area contributed by atoms with Crippen LogP contribution in [-0.2, 0) is 5.41 Å². The van der Waals surface area contributed by atoms with E-state index in [4.69, 9.17) is 34.4 Å².